The average molecular weight is 569 g/mol. The van der Waals surface area contributed by atoms with Gasteiger partial charge in [-0.15, -0.1) is 0 Å². The molecule has 0 bridgehead atoms. The van der Waals surface area contributed by atoms with Gasteiger partial charge in [0, 0.05) is 36.8 Å². The Morgan fingerprint density at radius 3 is 2.30 bits per heavy atom. The lowest BCUT2D eigenvalue weighted by atomic mass is 9.85. The van der Waals surface area contributed by atoms with Crippen molar-refractivity contribution in [1.82, 2.24) is 9.29 Å². The second-order valence-corrected chi connectivity index (χ2v) is 12.7. The van der Waals surface area contributed by atoms with Gasteiger partial charge in [-0.2, -0.15) is 0 Å². The van der Waals surface area contributed by atoms with Crippen LogP contribution in [0.15, 0.2) is 54.9 Å². The number of aromatic nitrogens is 1. The van der Waals surface area contributed by atoms with E-state index in [4.69, 9.17) is 9.47 Å². The maximum Gasteiger partial charge on any atom is 0.234 e. The van der Waals surface area contributed by atoms with Crippen LogP contribution in [0, 0.1) is 18.8 Å². The molecule has 1 aliphatic rings. The minimum atomic E-state index is -3.56. The predicted octanol–water partition coefficient (Wildman–Crippen LogP) is 4.37. The third-order valence-corrected chi connectivity index (χ3v) is 9.18. The first kappa shape index (κ1) is 29.7. The summed E-state index contributed by atoms with van der Waals surface area (Å²) in [7, 11) is -0.333. The summed E-state index contributed by atoms with van der Waals surface area (Å²) < 4.78 is 38.6. The summed E-state index contributed by atoms with van der Waals surface area (Å²) >= 11 is 0. The van der Waals surface area contributed by atoms with Gasteiger partial charge in [0.1, 0.15) is 11.5 Å². The van der Waals surface area contributed by atoms with Crippen LogP contribution >= 0.6 is 0 Å². The summed E-state index contributed by atoms with van der Waals surface area (Å²) in [6.07, 6.45) is 6.51. The minimum Gasteiger partial charge on any atom is -0.496 e. The summed E-state index contributed by atoms with van der Waals surface area (Å²) in [5.74, 6) is 1.04. The fraction of sp³-hybridized carbons (Fsp3) is 0.452. The Bertz CT molecular complexity index is 1380. The minimum absolute atomic E-state index is 0.0819. The number of nitrogens with zero attached hydrogens (tertiary/aromatic N) is 1. The van der Waals surface area contributed by atoms with Gasteiger partial charge in [0.15, 0.2) is 0 Å². The maximum atomic E-state index is 12.1. The predicted molar refractivity (Wildman–Crippen MR) is 155 cm³/mol. The van der Waals surface area contributed by atoms with Gasteiger partial charge in [-0.25, -0.2) is 8.42 Å². The van der Waals surface area contributed by atoms with Gasteiger partial charge < -0.3 is 19.1 Å². The second-order valence-electron chi connectivity index (χ2n) is 10.7. The fourth-order valence-corrected chi connectivity index (χ4v) is 6.27. The van der Waals surface area contributed by atoms with Crippen molar-refractivity contribution in [2.75, 3.05) is 20.0 Å². The van der Waals surface area contributed by atoms with Crippen molar-refractivity contribution in [3.63, 3.8) is 0 Å². The molecule has 0 saturated heterocycles. The lowest BCUT2D eigenvalue weighted by Crippen LogP contribution is -2.31. The molecule has 0 unspecified atom stereocenters. The molecule has 9 heteroatoms. The zero-order chi connectivity index (χ0) is 28.9. The van der Waals surface area contributed by atoms with Crippen LogP contribution in [0.5, 0.6) is 11.5 Å². The molecule has 40 heavy (non-hydrogen) atoms. The Hall–Kier alpha value is -3.30. The number of hydrogen-bond donors (Lipinski definition) is 2. The van der Waals surface area contributed by atoms with Crippen molar-refractivity contribution in [1.29, 1.82) is 0 Å². The van der Waals surface area contributed by atoms with Crippen LogP contribution in [0.4, 0.5) is 0 Å². The summed E-state index contributed by atoms with van der Waals surface area (Å²) in [6, 6.07) is 14.3. The zero-order valence-electron chi connectivity index (χ0n) is 23.7. The van der Waals surface area contributed by atoms with Crippen LogP contribution in [0.2, 0.25) is 0 Å². The number of nitrogens with one attached hydrogen (secondary N) is 1. The van der Waals surface area contributed by atoms with Crippen molar-refractivity contribution < 1.29 is 27.8 Å². The standard InChI is InChI=1S/C31H40N2O6S/c1-5-40(36,37)32-30(34)11-10-22-12-13-33(19-22)20-27(16-23-14-24-8-6-7-9-25(24)15-23)31(35)26-17-28(38-3)21(2)29(18-26)39-4/h6-9,12-13,17-19,23,27,31,35H,5,10-11,14-16,20H2,1-4H3,(H,32,34)/t27-,31+/m0/s1. The molecule has 4 rings (SSSR count). The molecule has 216 valence electrons. The first-order valence-electron chi connectivity index (χ1n) is 13.8. The number of methoxy groups -OCH3 is 2. The number of aryl methyl sites for hydroxylation is 1. The zero-order valence-corrected chi connectivity index (χ0v) is 24.5. The fourth-order valence-electron chi connectivity index (χ4n) is 5.67. The smallest absolute Gasteiger partial charge is 0.234 e. The topological polar surface area (TPSA) is 107 Å². The second kappa shape index (κ2) is 12.9. The Morgan fingerprint density at radius 1 is 1.10 bits per heavy atom. The Morgan fingerprint density at radius 2 is 1.73 bits per heavy atom. The van der Waals surface area contributed by atoms with Gasteiger partial charge in [-0.1, -0.05) is 24.3 Å². The molecular weight excluding hydrogens is 528 g/mol. The van der Waals surface area contributed by atoms with Crippen molar-refractivity contribution in [3.05, 3.63) is 82.7 Å². The van der Waals surface area contributed by atoms with Crippen LogP contribution in [0.25, 0.3) is 0 Å². The SMILES string of the molecule is CCS(=O)(=O)NC(=O)CCc1ccn(C[C@H](CC2Cc3ccccc3C2)[C@H](O)c2cc(OC)c(C)c(OC)c2)c1. The van der Waals surface area contributed by atoms with E-state index in [-0.39, 0.29) is 18.1 Å². The number of rotatable bonds is 13. The third-order valence-electron chi connectivity index (χ3n) is 7.88. The summed E-state index contributed by atoms with van der Waals surface area (Å²) in [6.45, 7) is 4.01. The molecule has 2 N–H and O–H groups in total. The van der Waals surface area contributed by atoms with Crippen molar-refractivity contribution in [2.24, 2.45) is 11.8 Å². The molecule has 1 heterocycles. The number of benzene rings is 2. The van der Waals surface area contributed by atoms with Crippen molar-refractivity contribution >= 4 is 15.9 Å². The Labute approximate surface area is 237 Å². The van der Waals surface area contributed by atoms with Gasteiger partial charge in [-0.3, -0.25) is 9.52 Å². The van der Waals surface area contributed by atoms with E-state index in [0.29, 0.717) is 30.4 Å². The number of carbonyl (C=O) groups is 1. The first-order chi connectivity index (χ1) is 19.1. The van der Waals surface area contributed by atoms with Gasteiger partial charge in [0.05, 0.1) is 26.1 Å². The van der Waals surface area contributed by atoms with Crippen LogP contribution < -0.4 is 14.2 Å². The van der Waals surface area contributed by atoms with E-state index in [2.05, 4.69) is 33.6 Å². The van der Waals surface area contributed by atoms with Crippen LogP contribution in [-0.2, 0) is 40.6 Å². The molecule has 0 fully saturated rings. The maximum absolute atomic E-state index is 12.1. The van der Waals surface area contributed by atoms with E-state index < -0.39 is 22.0 Å². The lowest BCUT2D eigenvalue weighted by molar-refractivity contribution is -0.119. The molecule has 1 aromatic heterocycles. The largest absolute Gasteiger partial charge is 0.496 e. The molecule has 8 nitrogen and oxygen atoms in total. The molecule has 0 saturated carbocycles. The van der Waals surface area contributed by atoms with Crippen LogP contribution in [0.3, 0.4) is 0 Å². The molecule has 1 amide bonds. The highest BCUT2D eigenvalue weighted by molar-refractivity contribution is 7.90. The monoisotopic (exact) mass is 568 g/mol. The van der Waals surface area contributed by atoms with E-state index >= 15 is 0 Å². The number of ether oxygens (including phenoxy) is 2. The highest BCUT2D eigenvalue weighted by Gasteiger charge is 2.30. The quantitative estimate of drug-likeness (QED) is 0.317. The van der Waals surface area contributed by atoms with E-state index in [1.54, 1.807) is 14.2 Å². The van der Waals surface area contributed by atoms with Gasteiger partial charge in [-0.05, 0) is 85.9 Å². The number of aliphatic hydroxyl groups is 1. The van der Waals surface area contributed by atoms with Crippen molar-refractivity contribution in [3.8, 4) is 11.5 Å². The number of sulfonamides is 1. The first-order valence-corrected chi connectivity index (χ1v) is 15.4. The molecule has 0 spiro atoms. The average Bonchev–Trinajstić information content (AvgIpc) is 3.57. The third kappa shape index (κ3) is 7.26. The number of amides is 1. The van der Waals surface area contributed by atoms with Crippen LogP contribution in [0.1, 0.15) is 53.7 Å². The molecular formula is C31H40N2O6S. The van der Waals surface area contributed by atoms with Gasteiger partial charge >= 0.3 is 0 Å². The molecule has 2 aromatic carbocycles. The molecule has 3 aromatic rings. The summed E-state index contributed by atoms with van der Waals surface area (Å²) in [5.41, 5.74) is 5.33. The summed E-state index contributed by atoms with van der Waals surface area (Å²) in [4.78, 5) is 12.1. The molecule has 1 aliphatic carbocycles. The van der Waals surface area contributed by atoms with E-state index in [0.717, 1.165) is 36.0 Å². The number of hydrogen-bond acceptors (Lipinski definition) is 6. The normalized spacial score (nSPS) is 14.9. The van der Waals surface area contributed by atoms with E-state index in [1.165, 1.54) is 18.1 Å². The molecule has 0 aliphatic heterocycles. The van der Waals surface area contributed by atoms with Gasteiger partial charge in [0.25, 0.3) is 0 Å². The Balaban J connectivity index is 1.52. The molecule has 2 atom stereocenters. The van der Waals surface area contributed by atoms with Gasteiger partial charge in [0.2, 0.25) is 15.9 Å². The Kier molecular flexibility index (Phi) is 9.58. The highest BCUT2D eigenvalue weighted by Crippen LogP contribution is 2.39. The van der Waals surface area contributed by atoms with Crippen molar-refractivity contribution in [2.45, 2.75) is 58.6 Å². The van der Waals surface area contributed by atoms with E-state index in [1.807, 2.05) is 37.5 Å². The number of fused-ring (bicyclic) bond motifs is 1. The lowest BCUT2D eigenvalue weighted by Gasteiger charge is -2.27. The highest BCUT2D eigenvalue weighted by atomic mass is 32.2. The molecule has 0 radical (unpaired) electrons. The van der Waals surface area contributed by atoms with Crippen LogP contribution in [-0.4, -0.2) is 44.0 Å². The number of carbonyl (C=O) groups excluding carboxylic acids is 1. The summed E-state index contributed by atoms with van der Waals surface area (Å²) in [5, 5.41) is 11.7. The van der Waals surface area contributed by atoms with E-state index in [9.17, 15) is 18.3 Å². The number of aliphatic hydroxyl groups excluding tert-OH is 1.